The zero-order valence-corrected chi connectivity index (χ0v) is 13.0. The fourth-order valence-corrected chi connectivity index (χ4v) is 1.67. The lowest BCUT2D eigenvalue weighted by Crippen LogP contribution is -2.14. The Kier molecular flexibility index (Phi) is 9.20. The molecule has 1 rings (SSSR count). The van der Waals surface area contributed by atoms with E-state index in [-0.39, 0.29) is 0 Å². The minimum absolute atomic E-state index is 0.549. The lowest BCUT2D eigenvalue weighted by atomic mass is 10.2. The Morgan fingerprint density at radius 3 is 2.65 bits per heavy atom. The first-order valence-electron chi connectivity index (χ1n) is 7.52. The minimum atomic E-state index is 0.549. The Morgan fingerprint density at radius 1 is 1.20 bits per heavy atom. The average Bonchev–Trinajstić information content (AvgIpc) is 2.44. The highest BCUT2D eigenvalue weighted by atomic mass is 16.5. The molecule has 0 saturated heterocycles. The van der Waals surface area contributed by atoms with Gasteiger partial charge in [0.2, 0.25) is 0 Å². The van der Waals surface area contributed by atoms with Crippen molar-refractivity contribution in [2.24, 2.45) is 5.92 Å². The van der Waals surface area contributed by atoms with Gasteiger partial charge in [-0.1, -0.05) is 26.8 Å². The van der Waals surface area contributed by atoms with Gasteiger partial charge in [-0.2, -0.15) is 0 Å². The summed E-state index contributed by atoms with van der Waals surface area (Å²) >= 11 is 0. The second kappa shape index (κ2) is 10.8. The van der Waals surface area contributed by atoms with Crippen LogP contribution in [-0.2, 0) is 22.6 Å². The molecule has 0 radical (unpaired) electrons. The number of rotatable bonds is 11. The van der Waals surface area contributed by atoms with Crippen LogP contribution in [0.2, 0.25) is 0 Å². The summed E-state index contributed by atoms with van der Waals surface area (Å²) in [4.78, 5) is 4.40. The van der Waals surface area contributed by atoms with Crippen LogP contribution in [0.25, 0.3) is 0 Å². The van der Waals surface area contributed by atoms with Crippen molar-refractivity contribution in [1.82, 2.24) is 10.3 Å². The van der Waals surface area contributed by atoms with Crippen LogP contribution in [0.5, 0.6) is 0 Å². The molecule has 1 aromatic heterocycles. The molecule has 0 bridgehead atoms. The van der Waals surface area contributed by atoms with Crippen LogP contribution < -0.4 is 5.32 Å². The average molecular weight is 280 g/mol. The quantitative estimate of drug-likeness (QED) is 0.633. The molecule has 0 aliphatic heterocycles. The molecule has 0 fully saturated rings. The Balaban J connectivity index is 2.11. The van der Waals surface area contributed by atoms with Gasteiger partial charge in [0.25, 0.3) is 0 Å². The van der Waals surface area contributed by atoms with E-state index < -0.39 is 0 Å². The third-order valence-corrected chi connectivity index (χ3v) is 2.72. The normalized spacial score (nSPS) is 11.2. The smallest absolute Gasteiger partial charge is 0.0889 e. The van der Waals surface area contributed by atoms with Crippen molar-refractivity contribution in [3.63, 3.8) is 0 Å². The molecular weight excluding hydrogens is 252 g/mol. The van der Waals surface area contributed by atoms with Gasteiger partial charge in [-0.3, -0.25) is 4.98 Å². The zero-order valence-electron chi connectivity index (χ0n) is 13.0. The summed E-state index contributed by atoms with van der Waals surface area (Å²) in [6.45, 7) is 11.0. The molecule has 0 aromatic carbocycles. The summed E-state index contributed by atoms with van der Waals surface area (Å²) in [5.41, 5.74) is 2.18. The summed E-state index contributed by atoms with van der Waals surface area (Å²) in [5, 5.41) is 3.36. The third-order valence-electron chi connectivity index (χ3n) is 2.72. The van der Waals surface area contributed by atoms with Crippen molar-refractivity contribution in [3.05, 3.63) is 29.6 Å². The van der Waals surface area contributed by atoms with Crippen LogP contribution in [0.3, 0.4) is 0 Å². The van der Waals surface area contributed by atoms with E-state index in [9.17, 15) is 0 Å². The standard InChI is InChI=1S/C16H28N2O2/c1-4-7-17-10-15-5-6-16(18-11-15)13-20-9-8-19-12-14(2)3/h5-6,11,14,17H,4,7-10,12-13H2,1-3H3. The molecule has 0 aliphatic carbocycles. The molecule has 0 saturated carbocycles. The molecule has 0 amide bonds. The van der Waals surface area contributed by atoms with Gasteiger partial charge in [-0.15, -0.1) is 0 Å². The highest BCUT2D eigenvalue weighted by Gasteiger charge is 1.98. The molecule has 0 aliphatic rings. The van der Waals surface area contributed by atoms with Gasteiger partial charge < -0.3 is 14.8 Å². The largest absolute Gasteiger partial charge is 0.379 e. The van der Waals surface area contributed by atoms with Crippen LogP contribution >= 0.6 is 0 Å². The molecule has 114 valence electrons. The molecule has 4 heteroatoms. The Morgan fingerprint density at radius 2 is 2.00 bits per heavy atom. The summed E-state index contributed by atoms with van der Waals surface area (Å²) in [7, 11) is 0. The van der Waals surface area contributed by atoms with Crippen LogP contribution in [-0.4, -0.2) is 31.3 Å². The van der Waals surface area contributed by atoms with Gasteiger partial charge in [0.1, 0.15) is 0 Å². The second-order valence-electron chi connectivity index (χ2n) is 5.36. The van der Waals surface area contributed by atoms with Gasteiger partial charge in [-0.25, -0.2) is 0 Å². The summed E-state index contributed by atoms with van der Waals surface area (Å²) in [6, 6.07) is 4.13. The fraction of sp³-hybridized carbons (Fsp3) is 0.688. The number of ether oxygens (including phenoxy) is 2. The Labute approximate surface area is 122 Å². The van der Waals surface area contributed by atoms with Crippen molar-refractivity contribution in [2.75, 3.05) is 26.4 Å². The molecule has 0 atom stereocenters. The first-order chi connectivity index (χ1) is 9.72. The Bertz CT molecular complexity index is 339. The van der Waals surface area contributed by atoms with Gasteiger partial charge in [0.05, 0.1) is 25.5 Å². The van der Waals surface area contributed by atoms with E-state index in [4.69, 9.17) is 9.47 Å². The third kappa shape index (κ3) is 8.25. The monoisotopic (exact) mass is 280 g/mol. The molecule has 4 nitrogen and oxygen atoms in total. The SMILES string of the molecule is CCCNCc1ccc(COCCOCC(C)C)nc1. The van der Waals surface area contributed by atoms with Crippen molar-refractivity contribution < 1.29 is 9.47 Å². The number of nitrogens with zero attached hydrogens (tertiary/aromatic N) is 1. The van der Waals surface area contributed by atoms with E-state index in [1.807, 2.05) is 12.3 Å². The number of hydrogen-bond donors (Lipinski definition) is 1. The predicted octanol–water partition coefficient (Wildman–Crippen LogP) is 2.77. The van der Waals surface area contributed by atoms with Gasteiger partial charge in [0.15, 0.2) is 0 Å². The van der Waals surface area contributed by atoms with E-state index in [0.717, 1.165) is 31.8 Å². The first-order valence-corrected chi connectivity index (χ1v) is 7.52. The summed E-state index contributed by atoms with van der Waals surface area (Å²) in [5.74, 6) is 0.575. The van der Waals surface area contributed by atoms with E-state index in [1.54, 1.807) is 0 Å². The van der Waals surface area contributed by atoms with Crippen LogP contribution in [0.4, 0.5) is 0 Å². The number of pyridine rings is 1. The molecule has 1 N–H and O–H groups in total. The molecule has 0 spiro atoms. The van der Waals surface area contributed by atoms with Crippen LogP contribution in [0.15, 0.2) is 18.3 Å². The number of nitrogens with one attached hydrogen (secondary N) is 1. The van der Waals surface area contributed by atoms with Crippen molar-refractivity contribution >= 4 is 0 Å². The summed E-state index contributed by atoms with van der Waals surface area (Å²) < 4.78 is 11.0. The minimum Gasteiger partial charge on any atom is -0.379 e. The lowest BCUT2D eigenvalue weighted by Gasteiger charge is -2.08. The van der Waals surface area contributed by atoms with Gasteiger partial charge in [-0.05, 0) is 30.5 Å². The highest BCUT2D eigenvalue weighted by molar-refractivity contribution is 5.13. The maximum atomic E-state index is 5.54. The molecule has 20 heavy (non-hydrogen) atoms. The van der Waals surface area contributed by atoms with Crippen LogP contribution in [0, 0.1) is 5.92 Å². The highest BCUT2D eigenvalue weighted by Crippen LogP contribution is 2.02. The van der Waals surface area contributed by atoms with E-state index >= 15 is 0 Å². The Hall–Kier alpha value is -0.970. The first kappa shape index (κ1) is 17.1. The molecule has 1 aromatic rings. The second-order valence-corrected chi connectivity index (χ2v) is 5.36. The summed E-state index contributed by atoms with van der Waals surface area (Å²) in [6.07, 6.45) is 3.06. The van der Waals surface area contributed by atoms with Crippen LogP contribution in [0.1, 0.15) is 38.4 Å². The van der Waals surface area contributed by atoms with E-state index in [0.29, 0.717) is 25.7 Å². The van der Waals surface area contributed by atoms with Crippen molar-refractivity contribution in [2.45, 2.75) is 40.3 Å². The number of aromatic nitrogens is 1. The van der Waals surface area contributed by atoms with Crippen molar-refractivity contribution in [1.29, 1.82) is 0 Å². The lowest BCUT2D eigenvalue weighted by molar-refractivity contribution is 0.0305. The zero-order chi connectivity index (χ0) is 14.6. The van der Waals surface area contributed by atoms with Gasteiger partial charge >= 0.3 is 0 Å². The van der Waals surface area contributed by atoms with Gasteiger partial charge in [0, 0.05) is 19.3 Å². The predicted molar refractivity (Wildman–Crippen MR) is 81.5 cm³/mol. The molecule has 0 unspecified atom stereocenters. The fourth-order valence-electron chi connectivity index (χ4n) is 1.67. The topological polar surface area (TPSA) is 43.4 Å². The van der Waals surface area contributed by atoms with E-state index in [2.05, 4.69) is 37.1 Å². The molecule has 1 heterocycles. The number of hydrogen-bond acceptors (Lipinski definition) is 4. The molecular formula is C16H28N2O2. The maximum Gasteiger partial charge on any atom is 0.0889 e. The maximum absolute atomic E-state index is 5.54. The van der Waals surface area contributed by atoms with E-state index in [1.165, 1.54) is 5.56 Å². The van der Waals surface area contributed by atoms with Crippen molar-refractivity contribution in [3.8, 4) is 0 Å².